The maximum absolute atomic E-state index is 12.9. The van der Waals surface area contributed by atoms with Gasteiger partial charge in [-0.05, 0) is 24.1 Å². The number of nitro groups is 1. The number of rotatable bonds is 5. The largest absolute Gasteiger partial charge is 0.478 e. The highest BCUT2D eigenvalue weighted by molar-refractivity contribution is 6.00. The number of carbonyl (C=O) groups is 2. The van der Waals surface area contributed by atoms with Crippen LogP contribution in [-0.4, -0.2) is 30.0 Å². The normalized spacial score (nSPS) is 16.1. The number of furan rings is 1. The second kappa shape index (κ2) is 7.10. The molecule has 0 saturated carbocycles. The van der Waals surface area contributed by atoms with Gasteiger partial charge in [0, 0.05) is 12.1 Å². The van der Waals surface area contributed by atoms with Gasteiger partial charge in [0.1, 0.15) is 11.5 Å². The maximum atomic E-state index is 12.9. The molecule has 27 heavy (non-hydrogen) atoms. The highest BCUT2D eigenvalue weighted by Gasteiger charge is 2.37. The van der Waals surface area contributed by atoms with Gasteiger partial charge < -0.3 is 13.9 Å². The lowest BCUT2D eigenvalue weighted by Gasteiger charge is -2.35. The van der Waals surface area contributed by atoms with E-state index in [9.17, 15) is 19.7 Å². The first-order chi connectivity index (χ1) is 12.8. The summed E-state index contributed by atoms with van der Waals surface area (Å²) in [5.74, 6) is -0.359. The molecular formula is C18H18N2O7. The van der Waals surface area contributed by atoms with E-state index < -0.39 is 17.0 Å². The molecule has 1 aromatic carbocycles. The molecular weight excluding hydrogens is 356 g/mol. The number of carbonyl (C=O) groups excluding carboxylic acids is 2. The zero-order valence-corrected chi connectivity index (χ0v) is 15.0. The molecule has 2 aromatic rings. The van der Waals surface area contributed by atoms with Crippen molar-refractivity contribution < 1.29 is 28.4 Å². The molecule has 0 fully saturated rings. The first-order valence-corrected chi connectivity index (χ1v) is 8.25. The van der Waals surface area contributed by atoms with E-state index in [2.05, 4.69) is 4.74 Å². The fraction of sp³-hybridized carbons (Fsp3) is 0.333. The average molecular weight is 374 g/mol. The average Bonchev–Trinajstić information content (AvgIpc) is 3.11. The van der Waals surface area contributed by atoms with Crippen molar-refractivity contribution in [3.05, 3.63) is 52.0 Å². The highest BCUT2D eigenvalue weighted by atomic mass is 16.6. The Bertz CT molecular complexity index is 903. The number of anilines is 1. The van der Waals surface area contributed by atoms with E-state index >= 15 is 0 Å². The lowest BCUT2D eigenvalue weighted by atomic mass is 10.0. The molecule has 2 heterocycles. The summed E-state index contributed by atoms with van der Waals surface area (Å²) in [5, 5.41) is 11.1. The summed E-state index contributed by atoms with van der Waals surface area (Å²) in [5.41, 5.74) is 0.120. The van der Waals surface area contributed by atoms with Crippen molar-refractivity contribution in [3.63, 3.8) is 0 Å². The van der Waals surface area contributed by atoms with Crippen LogP contribution in [0.5, 0.6) is 5.75 Å². The van der Waals surface area contributed by atoms with E-state index in [1.807, 2.05) is 13.8 Å². The van der Waals surface area contributed by atoms with Crippen LogP contribution in [0.15, 0.2) is 34.7 Å². The van der Waals surface area contributed by atoms with Crippen LogP contribution in [0.2, 0.25) is 0 Å². The summed E-state index contributed by atoms with van der Waals surface area (Å²) >= 11 is 0. The molecule has 1 aliphatic rings. The predicted octanol–water partition coefficient (Wildman–Crippen LogP) is 2.92. The van der Waals surface area contributed by atoms with Crippen molar-refractivity contribution in [3.8, 4) is 5.75 Å². The predicted molar refractivity (Wildman–Crippen MR) is 93.6 cm³/mol. The van der Waals surface area contributed by atoms with Crippen molar-refractivity contribution in [2.24, 2.45) is 5.92 Å². The number of nitrogens with zero attached hydrogens (tertiary/aromatic N) is 2. The summed E-state index contributed by atoms with van der Waals surface area (Å²) in [7, 11) is 1.23. The molecule has 1 atom stereocenters. The Hall–Kier alpha value is -3.36. The molecule has 9 nitrogen and oxygen atoms in total. The molecule has 1 unspecified atom stereocenters. The van der Waals surface area contributed by atoms with Crippen molar-refractivity contribution in [2.75, 3.05) is 12.0 Å². The van der Waals surface area contributed by atoms with Gasteiger partial charge in [-0.3, -0.25) is 19.8 Å². The molecule has 142 valence electrons. The Morgan fingerprint density at radius 3 is 2.70 bits per heavy atom. The molecule has 0 saturated heterocycles. The summed E-state index contributed by atoms with van der Waals surface area (Å²) < 4.78 is 15.8. The molecule has 9 heteroatoms. The summed E-state index contributed by atoms with van der Waals surface area (Å²) in [6, 6.07) is 7.08. The molecule has 0 N–H and O–H groups in total. The van der Waals surface area contributed by atoms with Gasteiger partial charge in [0.15, 0.2) is 6.10 Å². The Morgan fingerprint density at radius 2 is 2.07 bits per heavy atom. The third-order valence-corrected chi connectivity index (χ3v) is 4.18. The molecule has 0 aliphatic carbocycles. The van der Waals surface area contributed by atoms with Gasteiger partial charge >= 0.3 is 5.97 Å². The van der Waals surface area contributed by atoms with Crippen LogP contribution < -0.4 is 9.64 Å². The number of methoxy groups -OCH3 is 1. The first-order valence-electron chi connectivity index (χ1n) is 8.25. The van der Waals surface area contributed by atoms with E-state index in [-0.39, 0.29) is 35.5 Å². The number of nitro benzene ring substituents is 1. The van der Waals surface area contributed by atoms with Crippen molar-refractivity contribution in [2.45, 2.75) is 26.5 Å². The van der Waals surface area contributed by atoms with Gasteiger partial charge in [0.05, 0.1) is 24.3 Å². The van der Waals surface area contributed by atoms with Gasteiger partial charge in [0.2, 0.25) is 5.76 Å². The summed E-state index contributed by atoms with van der Waals surface area (Å²) in [4.78, 5) is 36.4. The molecule has 0 spiro atoms. The zero-order chi connectivity index (χ0) is 19.7. The van der Waals surface area contributed by atoms with Crippen LogP contribution in [0.1, 0.15) is 30.2 Å². The van der Waals surface area contributed by atoms with E-state index in [0.717, 1.165) is 0 Å². The monoisotopic (exact) mass is 374 g/mol. The Labute approximate surface area is 154 Å². The van der Waals surface area contributed by atoms with E-state index in [1.54, 1.807) is 6.07 Å². The number of hydrogen-bond donors (Lipinski definition) is 0. The van der Waals surface area contributed by atoms with Gasteiger partial charge in [-0.15, -0.1) is 0 Å². The quantitative estimate of drug-likeness (QED) is 0.449. The topological polar surface area (TPSA) is 112 Å². The van der Waals surface area contributed by atoms with E-state index in [0.29, 0.717) is 11.5 Å². The maximum Gasteiger partial charge on any atom is 0.373 e. The van der Waals surface area contributed by atoms with Gasteiger partial charge in [0.25, 0.3) is 11.6 Å². The lowest BCUT2D eigenvalue weighted by Crippen LogP contribution is -2.47. The summed E-state index contributed by atoms with van der Waals surface area (Å²) in [6.07, 6.45) is -0.728. The van der Waals surface area contributed by atoms with E-state index in [4.69, 9.17) is 9.15 Å². The minimum Gasteiger partial charge on any atom is -0.478 e. The highest BCUT2D eigenvalue weighted by Crippen LogP contribution is 2.39. The number of hydrogen-bond acceptors (Lipinski definition) is 7. The number of benzene rings is 1. The lowest BCUT2D eigenvalue weighted by molar-refractivity contribution is -0.384. The fourth-order valence-electron chi connectivity index (χ4n) is 2.80. The third-order valence-electron chi connectivity index (χ3n) is 4.18. The molecule has 1 aliphatic heterocycles. The standard InChI is InChI=1S/C18H18N2O7/c1-10(2)16-17(21)19(9-12-5-7-15(26-12)18(22)25-3)13-8-11(20(23)24)4-6-14(13)27-16/h4-8,10,16H,9H2,1-3H3. The van der Waals surface area contributed by atoms with Crippen molar-refractivity contribution >= 4 is 23.3 Å². The Morgan fingerprint density at radius 1 is 1.33 bits per heavy atom. The number of ether oxygens (including phenoxy) is 2. The number of non-ortho nitro benzene ring substituents is 1. The van der Waals surface area contributed by atoms with Gasteiger partial charge in [-0.2, -0.15) is 0 Å². The van der Waals surface area contributed by atoms with Crippen LogP contribution >= 0.6 is 0 Å². The summed E-state index contributed by atoms with van der Waals surface area (Å²) in [6.45, 7) is 3.69. The van der Waals surface area contributed by atoms with Crippen molar-refractivity contribution in [1.82, 2.24) is 0 Å². The van der Waals surface area contributed by atoms with Gasteiger partial charge in [-0.25, -0.2) is 4.79 Å². The Balaban J connectivity index is 1.99. The third kappa shape index (κ3) is 3.48. The van der Waals surface area contributed by atoms with Crippen LogP contribution in [-0.2, 0) is 16.1 Å². The molecule has 1 aromatic heterocycles. The number of fused-ring (bicyclic) bond motifs is 1. The van der Waals surface area contributed by atoms with Crippen LogP contribution in [0.25, 0.3) is 0 Å². The smallest absolute Gasteiger partial charge is 0.373 e. The minimum atomic E-state index is -0.728. The molecule has 0 radical (unpaired) electrons. The van der Waals surface area contributed by atoms with Gasteiger partial charge in [-0.1, -0.05) is 13.8 Å². The van der Waals surface area contributed by atoms with E-state index in [1.165, 1.54) is 36.3 Å². The Kier molecular flexibility index (Phi) is 4.85. The SMILES string of the molecule is COC(=O)c1ccc(CN2C(=O)C(C(C)C)Oc3ccc([N+](=O)[O-])cc32)o1. The molecule has 0 bridgehead atoms. The van der Waals surface area contributed by atoms with Crippen LogP contribution in [0.4, 0.5) is 11.4 Å². The van der Waals surface area contributed by atoms with Crippen LogP contribution in [0, 0.1) is 16.0 Å². The number of amides is 1. The first kappa shape index (κ1) is 18.4. The van der Waals surface area contributed by atoms with Crippen LogP contribution in [0.3, 0.4) is 0 Å². The number of esters is 1. The molecule has 1 amide bonds. The second-order valence-electron chi connectivity index (χ2n) is 6.37. The molecule has 3 rings (SSSR count). The minimum absolute atomic E-state index is 0.00340. The zero-order valence-electron chi connectivity index (χ0n) is 15.0. The second-order valence-corrected chi connectivity index (χ2v) is 6.37. The fourth-order valence-corrected chi connectivity index (χ4v) is 2.80. The van der Waals surface area contributed by atoms with Crippen molar-refractivity contribution in [1.29, 1.82) is 0 Å².